The number of anilines is 1. The maximum absolute atomic E-state index is 13.4. The number of aromatic nitrogens is 5. The van der Waals surface area contributed by atoms with Gasteiger partial charge in [-0.1, -0.05) is 0 Å². The SMILES string of the molecule is Cn1nc(C(F)(F)C(F)(F)F)nc1Oc1ccc(NC(=O)c2c(O)n(C)c(=O)n(C)c2=O)cc1. The van der Waals surface area contributed by atoms with E-state index in [1.165, 1.54) is 24.3 Å². The normalized spacial score (nSPS) is 12.0. The summed E-state index contributed by atoms with van der Waals surface area (Å²) in [6.45, 7) is 0. The van der Waals surface area contributed by atoms with E-state index in [-0.39, 0.29) is 11.4 Å². The Bertz CT molecular complexity index is 1370. The van der Waals surface area contributed by atoms with Crippen molar-refractivity contribution in [3.63, 3.8) is 0 Å². The van der Waals surface area contributed by atoms with Crippen LogP contribution in [0.25, 0.3) is 0 Å². The molecule has 0 atom stereocenters. The molecule has 3 aromatic rings. The lowest BCUT2D eigenvalue weighted by atomic mass is 10.2. The highest BCUT2D eigenvalue weighted by Crippen LogP contribution is 2.42. The largest absolute Gasteiger partial charge is 0.494 e. The summed E-state index contributed by atoms with van der Waals surface area (Å²) in [5, 5.41) is 15.4. The summed E-state index contributed by atoms with van der Waals surface area (Å²) in [5.74, 6) is -9.02. The molecule has 0 bridgehead atoms. The lowest BCUT2D eigenvalue weighted by Crippen LogP contribution is -2.40. The van der Waals surface area contributed by atoms with Crippen molar-refractivity contribution in [3.05, 3.63) is 56.5 Å². The van der Waals surface area contributed by atoms with E-state index < -0.39 is 52.5 Å². The molecule has 182 valence electrons. The van der Waals surface area contributed by atoms with Gasteiger partial charge in [-0.05, 0) is 24.3 Å². The molecule has 2 aromatic heterocycles. The summed E-state index contributed by atoms with van der Waals surface area (Å²) >= 11 is 0. The summed E-state index contributed by atoms with van der Waals surface area (Å²) in [6.07, 6.45) is -5.90. The van der Waals surface area contributed by atoms with Crippen LogP contribution in [0, 0.1) is 0 Å². The minimum absolute atomic E-state index is 0.0590. The number of halogens is 5. The first-order valence-corrected chi connectivity index (χ1v) is 9.09. The molecule has 1 aromatic carbocycles. The van der Waals surface area contributed by atoms with Gasteiger partial charge in [-0.2, -0.15) is 26.9 Å². The molecule has 3 rings (SSSR count). The van der Waals surface area contributed by atoms with Gasteiger partial charge in [-0.25, -0.2) is 9.48 Å². The lowest BCUT2D eigenvalue weighted by molar-refractivity contribution is -0.292. The number of aryl methyl sites for hydroxylation is 1. The Labute approximate surface area is 185 Å². The Balaban J connectivity index is 1.80. The highest BCUT2D eigenvalue weighted by Gasteiger charge is 2.62. The first-order valence-electron chi connectivity index (χ1n) is 9.09. The molecule has 0 aliphatic rings. The van der Waals surface area contributed by atoms with Crippen molar-refractivity contribution in [3.8, 4) is 17.6 Å². The van der Waals surface area contributed by atoms with Gasteiger partial charge < -0.3 is 15.2 Å². The molecule has 1 amide bonds. The van der Waals surface area contributed by atoms with Crippen LogP contribution < -0.4 is 21.3 Å². The molecule has 0 unspecified atom stereocenters. The average Bonchev–Trinajstić information content (AvgIpc) is 3.12. The van der Waals surface area contributed by atoms with E-state index in [1.807, 2.05) is 0 Å². The van der Waals surface area contributed by atoms with E-state index >= 15 is 0 Å². The number of hydrogen-bond acceptors (Lipinski definition) is 7. The molecule has 11 nitrogen and oxygen atoms in total. The van der Waals surface area contributed by atoms with Crippen molar-refractivity contribution < 1.29 is 36.6 Å². The zero-order valence-corrected chi connectivity index (χ0v) is 17.5. The van der Waals surface area contributed by atoms with E-state index in [2.05, 4.69) is 15.4 Å². The smallest absolute Gasteiger partial charge is 0.461 e. The molecule has 0 saturated carbocycles. The molecule has 0 spiro atoms. The summed E-state index contributed by atoms with van der Waals surface area (Å²) in [4.78, 5) is 39.5. The minimum atomic E-state index is -5.90. The standard InChI is InChI=1S/C18H15F5N6O5/c1-27-12(31)10(13(32)28(2)16(27)33)11(30)24-8-4-6-9(7-5-8)34-15-25-14(26-29(15)3)17(19,20)18(21,22)23/h4-7,31H,1-3H3,(H,24,30). The summed E-state index contributed by atoms with van der Waals surface area (Å²) in [7, 11) is 3.32. The van der Waals surface area contributed by atoms with E-state index in [1.54, 1.807) is 0 Å². The van der Waals surface area contributed by atoms with Crippen molar-refractivity contribution in [2.24, 2.45) is 21.1 Å². The summed E-state index contributed by atoms with van der Waals surface area (Å²) in [6, 6.07) is 4.26. The molecule has 0 aliphatic heterocycles. The predicted octanol–water partition coefficient (Wildman–Crippen LogP) is 1.62. The number of carbonyl (C=O) groups excluding carboxylic acids is 1. The number of amides is 1. The second-order valence-electron chi connectivity index (χ2n) is 6.90. The molecule has 16 heteroatoms. The van der Waals surface area contributed by atoms with E-state index in [0.29, 0.717) is 13.8 Å². The van der Waals surface area contributed by atoms with Crippen LogP contribution in [0.1, 0.15) is 16.2 Å². The second-order valence-corrected chi connectivity index (χ2v) is 6.90. The van der Waals surface area contributed by atoms with E-state index in [0.717, 1.165) is 21.1 Å². The fourth-order valence-corrected chi connectivity index (χ4v) is 2.66. The van der Waals surface area contributed by atoms with Crippen LogP contribution in [0.2, 0.25) is 0 Å². The van der Waals surface area contributed by atoms with Crippen LogP contribution in [0.5, 0.6) is 17.6 Å². The number of ether oxygens (including phenoxy) is 1. The molecule has 0 aliphatic carbocycles. The third-order valence-electron chi connectivity index (χ3n) is 4.54. The number of carbonyl (C=O) groups is 1. The highest BCUT2D eigenvalue weighted by atomic mass is 19.4. The quantitative estimate of drug-likeness (QED) is 0.520. The number of hydrogen-bond donors (Lipinski definition) is 2. The Morgan fingerprint density at radius 3 is 2.18 bits per heavy atom. The molecule has 34 heavy (non-hydrogen) atoms. The van der Waals surface area contributed by atoms with Crippen molar-refractivity contribution in [2.75, 3.05) is 5.32 Å². The van der Waals surface area contributed by atoms with E-state index in [9.17, 15) is 41.4 Å². The van der Waals surface area contributed by atoms with Crippen molar-refractivity contribution in [2.45, 2.75) is 12.1 Å². The van der Waals surface area contributed by atoms with Gasteiger partial charge in [-0.3, -0.25) is 18.7 Å². The lowest BCUT2D eigenvalue weighted by Gasteiger charge is -2.15. The number of alkyl halides is 5. The van der Waals surface area contributed by atoms with Crippen LogP contribution >= 0.6 is 0 Å². The van der Waals surface area contributed by atoms with Gasteiger partial charge in [0.2, 0.25) is 11.7 Å². The van der Waals surface area contributed by atoms with Crippen LogP contribution in [-0.2, 0) is 27.1 Å². The molecule has 2 N–H and O–H groups in total. The Morgan fingerprint density at radius 1 is 1.03 bits per heavy atom. The number of benzene rings is 1. The summed E-state index contributed by atoms with van der Waals surface area (Å²) < 4.78 is 71.4. The Hall–Kier alpha value is -4.24. The maximum Gasteiger partial charge on any atom is 0.461 e. The van der Waals surface area contributed by atoms with Crippen molar-refractivity contribution in [1.82, 2.24) is 23.9 Å². The molecular formula is C18H15F5N6O5. The van der Waals surface area contributed by atoms with Crippen molar-refractivity contribution in [1.29, 1.82) is 0 Å². The zero-order chi connectivity index (χ0) is 25.6. The second kappa shape index (κ2) is 8.27. The monoisotopic (exact) mass is 490 g/mol. The van der Waals surface area contributed by atoms with Gasteiger partial charge in [-0.15, -0.1) is 5.10 Å². The predicted molar refractivity (Wildman–Crippen MR) is 104 cm³/mol. The Kier molecular flexibility index (Phi) is 5.94. The van der Waals surface area contributed by atoms with Gasteiger partial charge in [0, 0.05) is 26.8 Å². The zero-order valence-electron chi connectivity index (χ0n) is 17.5. The minimum Gasteiger partial charge on any atom is -0.494 e. The Morgan fingerprint density at radius 2 is 1.62 bits per heavy atom. The fourth-order valence-electron chi connectivity index (χ4n) is 2.66. The van der Waals surface area contributed by atoms with Crippen molar-refractivity contribution >= 4 is 11.6 Å². The number of aromatic hydroxyl groups is 1. The topological polar surface area (TPSA) is 133 Å². The molecule has 0 fully saturated rings. The van der Waals surface area contributed by atoms with Gasteiger partial charge >= 0.3 is 23.8 Å². The van der Waals surface area contributed by atoms with Gasteiger partial charge in [0.15, 0.2) is 5.56 Å². The molecule has 0 radical (unpaired) electrons. The third kappa shape index (κ3) is 4.20. The van der Waals surface area contributed by atoms with Gasteiger partial charge in [0.05, 0.1) is 0 Å². The van der Waals surface area contributed by atoms with E-state index in [4.69, 9.17) is 4.74 Å². The number of rotatable bonds is 5. The first-order chi connectivity index (χ1) is 15.6. The molecule has 2 heterocycles. The maximum atomic E-state index is 13.4. The van der Waals surface area contributed by atoms with Gasteiger partial charge in [0.1, 0.15) is 5.75 Å². The third-order valence-corrected chi connectivity index (χ3v) is 4.54. The summed E-state index contributed by atoms with van der Waals surface area (Å²) in [5.41, 5.74) is -2.48. The molecular weight excluding hydrogens is 475 g/mol. The van der Waals surface area contributed by atoms with Crippen LogP contribution in [0.3, 0.4) is 0 Å². The highest BCUT2D eigenvalue weighted by molar-refractivity contribution is 6.05. The number of nitrogens with one attached hydrogen (secondary N) is 1. The van der Waals surface area contributed by atoms with Crippen LogP contribution in [-0.4, -0.2) is 41.1 Å². The first kappa shape index (κ1) is 24.4. The van der Waals surface area contributed by atoms with Crippen LogP contribution in [0.15, 0.2) is 33.9 Å². The van der Waals surface area contributed by atoms with Crippen LogP contribution in [0.4, 0.5) is 27.6 Å². The fraction of sp³-hybridized carbons (Fsp3) is 0.278. The average molecular weight is 490 g/mol. The van der Waals surface area contributed by atoms with Gasteiger partial charge in [0.25, 0.3) is 11.5 Å². The molecule has 0 saturated heterocycles. The number of nitrogens with zero attached hydrogens (tertiary/aromatic N) is 5.